The first-order valence-corrected chi connectivity index (χ1v) is 8.64. The molecule has 4 rings (SSSR count). The number of hydrogen-bond donors (Lipinski definition) is 0. The van der Waals surface area contributed by atoms with Gasteiger partial charge in [0.1, 0.15) is 11.4 Å². The molecule has 1 atom stereocenters. The predicted molar refractivity (Wildman–Crippen MR) is 96.6 cm³/mol. The number of benzene rings is 2. The van der Waals surface area contributed by atoms with Crippen molar-refractivity contribution in [3.63, 3.8) is 0 Å². The number of nitrogens with zero attached hydrogens (tertiary/aromatic N) is 1. The second-order valence-corrected chi connectivity index (χ2v) is 6.68. The van der Waals surface area contributed by atoms with Crippen molar-refractivity contribution in [3.05, 3.63) is 81.5 Å². The predicted octanol–water partition coefficient (Wildman–Crippen LogP) is 4.22. The van der Waals surface area contributed by atoms with Gasteiger partial charge in [-0.2, -0.15) is 0 Å². The van der Waals surface area contributed by atoms with Gasteiger partial charge in [-0.05, 0) is 55.2 Å². The van der Waals surface area contributed by atoms with Crippen molar-refractivity contribution in [3.8, 4) is 0 Å². The molecule has 1 aliphatic rings. The number of amides is 1. The Morgan fingerprint density at radius 1 is 1.15 bits per heavy atom. The van der Waals surface area contributed by atoms with Gasteiger partial charge in [0.25, 0.3) is 5.91 Å². The van der Waals surface area contributed by atoms with Crippen LogP contribution in [0.25, 0.3) is 11.0 Å². The van der Waals surface area contributed by atoms with Gasteiger partial charge in [0, 0.05) is 12.6 Å². The van der Waals surface area contributed by atoms with Gasteiger partial charge in [0.2, 0.25) is 0 Å². The number of rotatable bonds is 2. The maximum atomic E-state index is 13.2. The molecule has 0 aliphatic carbocycles. The van der Waals surface area contributed by atoms with Crippen LogP contribution in [-0.2, 0) is 0 Å². The molecule has 1 aliphatic heterocycles. The summed E-state index contributed by atoms with van der Waals surface area (Å²) in [5, 5.41) is 0.462. The lowest BCUT2D eigenvalue weighted by molar-refractivity contribution is 0.0704. The third-order valence-electron chi connectivity index (χ3n) is 4.86. The molecule has 3 aromatic rings. The smallest absolute Gasteiger partial charge is 0.290 e. The zero-order valence-corrected chi connectivity index (χ0v) is 14.4. The fraction of sp³-hybridized carbons (Fsp3) is 0.238. The van der Waals surface area contributed by atoms with Crippen LogP contribution in [0.2, 0.25) is 0 Å². The van der Waals surface area contributed by atoms with E-state index in [0.29, 0.717) is 17.5 Å². The van der Waals surface area contributed by atoms with Crippen molar-refractivity contribution in [2.75, 3.05) is 6.54 Å². The fourth-order valence-electron chi connectivity index (χ4n) is 3.55. The maximum Gasteiger partial charge on any atom is 0.290 e. The first-order valence-electron chi connectivity index (χ1n) is 8.64. The molecule has 0 bridgehead atoms. The summed E-state index contributed by atoms with van der Waals surface area (Å²) in [7, 11) is 0. The second-order valence-electron chi connectivity index (χ2n) is 6.68. The minimum Gasteiger partial charge on any atom is -0.451 e. The van der Waals surface area contributed by atoms with Crippen LogP contribution < -0.4 is 5.43 Å². The average molecular weight is 351 g/mol. The van der Waals surface area contributed by atoms with Crippen LogP contribution in [-0.4, -0.2) is 17.4 Å². The van der Waals surface area contributed by atoms with Crippen LogP contribution in [0, 0.1) is 12.7 Å². The van der Waals surface area contributed by atoms with Gasteiger partial charge in [0.05, 0.1) is 11.4 Å². The summed E-state index contributed by atoms with van der Waals surface area (Å²) in [5.74, 6) is -0.569. The van der Waals surface area contributed by atoms with Crippen molar-refractivity contribution in [2.45, 2.75) is 25.8 Å². The minimum absolute atomic E-state index is 0.0436. The molecule has 5 heteroatoms. The van der Waals surface area contributed by atoms with E-state index in [1.54, 1.807) is 29.2 Å². The molecule has 1 amide bonds. The summed E-state index contributed by atoms with van der Waals surface area (Å²) in [6.45, 7) is 2.48. The number of carbonyl (C=O) groups excluding carboxylic acids is 1. The van der Waals surface area contributed by atoms with Crippen LogP contribution in [0.5, 0.6) is 0 Å². The number of halogens is 1. The van der Waals surface area contributed by atoms with E-state index < -0.39 is 0 Å². The molecule has 0 radical (unpaired) electrons. The third kappa shape index (κ3) is 2.90. The van der Waals surface area contributed by atoms with E-state index in [2.05, 4.69) is 0 Å². The molecule has 2 heterocycles. The van der Waals surface area contributed by atoms with Crippen molar-refractivity contribution in [1.82, 2.24) is 4.90 Å². The lowest BCUT2D eigenvalue weighted by Gasteiger charge is -2.24. The summed E-state index contributed by atoms with van der Waals surface area (Å²) >= 11 is 0. The summed E-state index contributed by atoms with van der Waals surface area (Å²) in [4.78, 5) is 27.0. The molecule has 1 saturated heterocycles. The number of fused-ring (bicyclic) bond motifs is 1. The maximum absolute atomic E-state index is 13.2. The van der Waals surface area contributed by atoms with Gasteiger partial charge in [0.15, 0.2) is 11.2 Å². The molecule has 0 saturated carbocycles. The molecule has 4 nitrogen and oxygen atoms in total. The zero-order chi connectivity index (χ0) is 18.3. The van der Waals surface area contributed by atoms with Crippen LogP contribution >= 0.6 is 0 Å². The highest BCUT2D eigenvalue weighted by Crippen LogP contribution is 2.33. The Hall–Kier alpha value is -2.95. The second kappa shape index (κ2) is 6.41. The standard InChI is InChI=1S/C21H18FNO3/c1-13-4-9-16-18(24)12-20(26-19(16)11-13)21(25)23-10-2-3-17(23)14-5-7-15(22)8-6-14/h4-9,11-12,17H,2-3,10H2,1H3/t17-/m0/s1. The summed E-state index contributed by atoms with van der Waals surface area (Å²) in [6.07, 6.45) is 1.65. The highest BCUT2D eigenvalue weighted by atomic mass is 19.1. The van der Waals surface area contributed by atoms with Crippen molar-refractivity contribution < 1.29 is 13.6 Å². The highest BCUT2D eigenvalue weighted by molar-refractivity contribution is 5.93. The Bertz CT molecular complexity index is 1040. The molecule has 0 spiro atoms. The van der Waals surface area contributed by atoms with E-state index >= 15 is 0 Å². The van der Waals surface area contributed by atoms with E-state index in [1.165, 1.54) is 18.2 Å². The SMILES string of the molecule is Cc1ccc2c(=O)cc(C(=O)N3CCC[C@H]3c3ccc(F)cc3)oc2c1. The molecule has 2 aromatic carbocycles. The molecular formula is C21H18FNO3. The molecular weight excluding hydrogens is 333 g/mol. The number of hydrogen-bond acceptors (Lipinski definition) is 3. The Labute approximate surface area is 149 Å². The largest absolute Gasteiger partial charge is 0.451 e. The quantitative estimate of drug-likeness (QED) is 0.695. The van der Waals surface area contributed by atoms with Crippen molar-refractivity contribution >= 4 is 16.9 Å². The molecule has 26 heavy (non-hydrogen) atoms. The normalized spacial score (nSPS) is 17.0. The van der Waals surface area contributed by atoms with Gasteiger partial charge in [-0.25, -0.2) is 4.39 Å². The molecule has 132 valence electrons. The topological polar surface area (TPSA) is 50.5 Å². The summed E-state index contributed by atoms with van der Waals surface area (Å²) < 4.78 is 18.9. The third-order valence-corrected chi connectivity index (χ3v) is 4.86. The monoisotopic (exact) mass is 351 g/mol. The van der Waals surface area contributed by atoms with E-state index in [0.717, 1.165) is 24.0 Å². The van der Waals surface area contributed by atoms with Gasteiger partial charge in [-0.1, -0.05) is 18.2 Å². The van der Waals surface area contributed by atoms with Gasteiger partial charge < -0.3 is 9.32 Å². The number of carbonyl (C=O) groups is 1. The lowest BCUT2D eigenvalue weighted by atomic mass is 10.0. The number of likely N-dealkylation sites (tertiary alicyclic amines) is 1. The lowest BCUT2D eigenvalue weighted by Crippen LogP contribution is -2.31. The summed E-state index contributed by atoms with van der Waals surface area (Å²) in [6, 6.07) is 12.6. The first kappa shape index (κ1) is 16.5. The fourth-order valence-corrected chi connectivity index (χ4v) is 3.55. The molecule has 1 fully saturated rings. The summed E-state index contributed by atoms with van der Waals surface area (Å²) in [5.41, 5.74) is 2.03. The molecule has 0 N–H and O–H groups in total. The average Bonchev–Trinajstić information content (AvgIpc) is 3.11. The zero-order valence-electron chi connectivity index (χ0n) is 14.4. The van der Waals surface area contributed by atoms with Gasteiger partial charge >= 0.3 is 0 Å². The first-order chi connectivity index (χ1) is 12.5. The van der Waals surface area contributed by atoms with E-state index in [9.17, 15) is 14.0 Å². The van der Waals surface area contributed by atoms with Crippen LogP contribution in [0.4, 0.5) is 4.39 Å². The van der Waals surface area contributed by atoms with E-state index in [4.69, 9.17) is 4.42 Å². The van der Waals surface area contributed by atoms with E-state index in [-0.39, 0.29) is 29.0 Å². The van der Waals surface area contributed by atoms with Crippen molar-refractivity contribution in [2.24, 2.45) is 0 Å². The van der Waals surface area contributed by atoms with Crippen LogP contribution in [0.3, 0.4) is 0 Å². The van der Waals surface area contributed by atoms with Gasteiger partial charge in [-0.15, -0.1) is 0 Å². The van der Waals surface area contributed by atoms with Crippen molar-refractivity contribution in [1.29, 1.82) is 0 Å². The number of aryl methyl sites for hydroxylation is 1. The highest BCUT2D eigenvalue weighted by Gasteiger charge is 2.32. The molecule has 0 unspecified atom stereocenters. The Morgan fingerprint density at radius 2 is 1.92 bits per heavy atom. The minimum atomic E-state index is -0.308. The van der Waals surface area contributed by atoms with Crippen LogP contribution in [0.15, 0.2) is 57.7 Å². The Morgan fingerprint density at radius 3 is 2.69 bits per heavy atom. The molecule has 1 aromatic heterocycles. The Kier molecular flexibility index (Phi) is 4.07. The van der Waals surface area contributed by atoms with Crippen LogP contribution in [0.1, 0.15) is 40.6 Å². The Balaban J connectivity index is 1.71. The van der Waals surface area contributed by atoms with Gasteiger partial charge in [-0.3, -0.25) is 9.59 Å². The van der Waals surface area contributed by atoms with E-state index in [1.807, 2.05) is 13.0 Å².